The maximum atomic E-state index is 12.2. The Bertz CT molecular complexity index is 891. The van der Waals surface area contributed by atoms with Crippen molar-refractivity contribution in [3.63, 3.8) is 0 Å². The second-order valence-corrected chi connectivity index (χ2v) is 8.83. The molecule has 0 aliphatic heterocycles. The molecule has 126 valence electrons. The Hall–Kier alpha value is -2.25. The topological polar surface area (TPSA) is 118 Å². The predicted molar refractivity (Wildman–Crippen MR) is 87.1 cm³/mol. The predicted octanol–water partition coefficient (Wildman–Crippen LogP) is 0.868. The SMILES string of the molecule is CS(=O)(=O)C[C@@H](NC(=O)c1ccsc1)c1cn(C2(C#N)CC2)nn1. The molecule has 1 fully saturated rings. The van der Waals surface area contributed by atoms with Gasteiger partial charge in [0.25, 0.3) is 5.91 Å². The number of nitriles is 1. The lowest BCUT2D eigenvalue weighted by Gasteiger charge is -2.15. The fraction of sp³-hybridized carbons (Fsp3) is 0.429. The lowest BCUT2D eigenvalue weighted by molar-refractivity contribution is 0.0940. The van der Waals surface area contributed by atoms with Crippen LogP contribution in [0.1, 0.15) is 34.9 Å². The van der Waals surface area contributed by atoms with Crippen LogP contribution in [-0.2, 0) is 15.4 Å². The summed E-state index contributed by atoms with van der Waals surface area (Å²) in [6.07, 6.45) is 4.01. The van der Waals surface area contributed by atoms with Gasteiger partial charge in [-0.2, -0.15) is 16.6 Å². The van der Waals surface area contributed by atoms with E-state index in [-0.39, 0.29) is 11.7 Å². The third-order valence-corrected chi connectivity index (χ3v) is 5.42. The Balaban J connectivity index is 1.85. The van der Waals surface area contributed by atoms with E-state index >= 15 is 0 Å². The van der Waals surface area contributed by atoms with Crippen molar-refractivity contribution in [3.8, 4) is 6.07 Å². The monoisotopic (exact) mass is 365 g/mol. The zero-order chi connectivity index (χ0) is 17.4. The van der Waals surface area contributed by atoms with Crippen molar-refractivity contribution in [2.45, 2.75) is 24.4 Å². The number of aromatic nitrogens is 3. The van der Waals surface area contributed by atoms with E-state index in [4.69, 9.17) is 0 Å². The van der Waals surface area contributed by atoms with Gasteiger partial charge in [0.15, 0.2) is 5.54 Å². The van der Waals surface area contributed by atoms with Crippen molar-refractivity contribution in [1.82, 2.24) is 20.3 Å². The van der Waals surface area contributed by atoms with Crippen LogP contribution < -0.4 is 5.32 Å². The summed E-state index contributed by atoms with van der Waals surface area (Å²) in [6, 6.07) is 3.02. The second kappa shape index (κ2) is 5.99. The minimum Gasteiger partial charge on any atom is -0.342 e. The van der Waals surface area contributed by atoms with Crippen LogP contribution in [-0.4, -0.2) is 41.3 Å². The molecule has 0 unspecified atom stereocenters. The fourth-order valence-electron chi connectivity index (χ4n) is 2.30. The number of sulfone groups is 1. The summed E-state index contributed by atoms with van der Waals surface area (Å²) in [4.78, 5) is 12.2. The molecular weight excluding hydrogens is 350 g/mol. The first-order valence-electron chi connectivity index (χ1n) is 7.18. The average molecular weight is 365 g/mol. The summed E-state index contributed by atoms with van der Waals surface area (Å²) < 4.78 is 24.9. The maximum absolute atomic E-state index is 12.2. The van der Waals surface area contributed by atoms with Crippen LogP contribution in [0.3, 0.4) is 0 Å². The van der Waals surface area contributed by atoms with Gasteiger partial charge in [-0.05, 0) is 24.3 Å². The highest BCUT2D eigenvalue weighted by molar-refractivity contribution is 7.90. The molecule has 1 aliphatic carbocycles. The second-order valence-electron chi connectivity index (χ2n) is 5.86. The third-order valence-electron chi connectivity index (χ3n) is 3.80. The number of carbonyl (C=O) groups excluding carboxylic acids is 1. The Kier molecular flexibility index (Phi) is 4.15. The molecule has 1 atom stereocenters. The highest BCUT2D eigenvalue weighted by Gasteiger charge is 2.46. The Morgan fingerprint density at radius 2 is 2.33 bits per heavy atom. The standard InChI is InChI=1S/C14H15N5O3S2/c1-24(21,22)8-12(16-13(20)10-2-5-23-7-10)11-6-19(18-17-11)14(9-15)3-4-14/h2,5-7,12H,3-4,8H2,1H3,(H,16,20)/t12-/m1/s1. The average Bonchev–Trinajstić information content (AvgIpc) is 2.94. The van der Waals surface area contributed by atoms with E-state index in [1.165, 1.54) is 16.0 Å². The molecule has 0 spiro atoms. The smallest absolute Gasteiger partial charge is 0.252 e. The third kappa shape index (κ3) is 3.47. The maximum Gasteiger partial charge on any atom is 0.252 e. The number of amides is 1. The lowest BCUT2D eigenvalue weighted by atomic mass is 10.2. The van der Waals surface area contributed by atoms with Gasteiger partial charge in [0.2, 0.25) is 0 Å². The number of hydrogen-bond donors (Lipinski definition) is 1. The molecule has 2 heterocycles. The quantitative estimate of drug-likeness (QED) is 0.811. The summed E-state index contributed by atoms with van der Waals surface area (Å²) in [5.41, 5.74) is 0.102. The number of hydrogen-bond acceptors (Lipinski definition) is 7. The van der Waals surface area contributed by atoms with Gasteiger partial charge in [-0.3, -0.25) is 4.79 Å². The first kappa shape index (κ1) is 16.6. The first-order valence-corrected chi connectivity index (χ1v) is 10.2. The Morgan fingerprint density at radius 3 is 2.88 bits per heavy atom. The molecule has 8 nitrogen and oxygen atoms in total. The first-order chi connectivity index (χ1) is 11.3. The lowest BCUT2D eigenvalue weighted by Crippen LogP contribution is -2.33. The number of nitrogens with one attached hydrogen (secondary N) is 1. The van der Waals surface area contributed by atoms with Crippen LogP contribution in [0.2, 0.25) is 0 Å². The molecule has 24 heavy (non-hydrogen) atoms. The van der Waals surface area contributed by atoms with Gasteiger partial charge < -0.3 is 5.32 Å². The Morgan fingerprint density at radius 1 is 1.58 bits per heavy atom. The molecule has 0 saturated heterocycles. The van der Waals surface area contributed by atoms with E-state index in [9.17, 15) is 18.5 Å². The summed E-state index contributed by atoms with van der Waals surface area (Å²) in [6.45, 7) is 0. The minimum atomic E-state index is -3.36. The van der Waals surface area contributed by atoms with Crippen LogP contribution in [0, 0.1) is 11.3 Å². The summed E-state index contributed by atoms with van der Waals surface area (Å²) in [7, 11) is -3.36. The summed E-state index contributed by atoms with van der Waals surface area (Å²) in [5, 5.41) is 23.3. The van der Waals surface area contributed by atoms with Gasteiger partial charge in [0.05, 0.1) is 29.6 Å². The van der Waals surface area contributed by atoms with E-state index < -0.39 is 21.4 Å². The zero-order valence-electron chi connectivity index (χ0n) is 12.8. The number of nitrogens with zero attached hydrogens (tertiary/aromatic N) is 4. The van der Waals surface area contributed by atoms with Gasteiger partial charge in [0, 0.05) is 11.6 Å². The van der Waals surface area contributed by atoms with Crippen molar-refractivity contribution < 1.29 is 13.2 Å². The highest BCUT2D eigenvalue weighted by atomic mass is 32.2. The van der Waals surface area contributed by atoms with Crippen LogP contribution in [0.25, 0.3) is 0 Å². The van der Waals surface area contributed by atoms with Crippen LogP contribution in [0.15, 0.2) is 23.0 Å². The molecular formula is C14H15N5O3S2. The van der Waals surface area contributed by atoms with E-state index in [0.717, 1.165) is 6.26 Å². The van der Waals surface area contributed by atoms with Crippen molar-refractivity contribution in [1.29, 1.82) is 5.26 Å². The summed E-state index contributed by atoms with van der Waals surface area (Å²) in [5.74, 6) is -0.665. The fourth-order valence-corrected chi connectivity index (χ4v) is 3.79. The van der Waals surface area contributed by atoms with Crippen LogP contribution in [0.5, 0.6) is 0 Å². The van der Waals surface area contributed by atoms with Crippen molar-refractivity contribution in [2.24, 2.45) is 0 Å². The van der Waals surface area contributed by atoms with Crippen molar-refractivity contribution in [2.75, 3.05) is 12.0 Å². The number of thiophene rings is 1. The molecule has 1 saturated carbocycles. The van der Waals surface area contributed by atoms with E-state index in [2.05, 4.69) is 21.7 Å². The van der Waals surface area contributed by atoms with Crippen LogP contribution in [0.4, 0.5) is 0 Å². The molecule has 10 heteroatoms. The van der Waals surface area contributed by atoms with Crippen molar-refractivity contribution >= 4 is 27.1 Å². The van der Waals surface area contributed by atoms with Gasteiger partial charge in [-0.1, -0.05) is 5.21 Å². The van der Waals surface area contributed by atoms with E-state index in [0.29, 0.717) is 24.1 Å². The molecule has 0 radical (unpaired) electrons. The van der Waals surface area contributed by atoms with Crippen LogP contribution >= 0.6 is 11.3 Å². The Labute approximate surface area is 143 Å². The molecule has 1 N–H and O–H groups in total. The molecule has 2 aromatic rings. The largest absolute Gasteiger partial charge is 0.342 e. The highest BCUT2D eigenvalue weighted by Crippen LogP contribution is 2.42. The zero-order valence-corrected chi connectivity index (χ0v) is 14.5. The van der Waals surface area contributed by atoms with Gasteiger partial charge in [-0.25, -0.2) is 13.1 Å². The minimum absolute atomic E-state index is 0.291. The molecule has 0 bridgehead atoms. The van der Waals surface area contributed by atoms with Gasteiger partial charge in [0.1, 0.15) is 15.5 Å². The number of carbonyl (C=O) groups is 1. The molecule has 1 aliphatic rings. The summed E-state index contributed by atoms with van der Waals surface area (Å²) >= 11 is 1.38. The molecule has 3 rings (SSSR count). The van der Waals surface area contributed by atoms with E-state index in [1.54, 1.807) is 23.0 Å². The molecule has 1 amide bonds. The van der Waals surface area contributed by atoms with E-state index in [1.807, 2.05) is 0 Å². The van der Waals surface area contributed by atoms with Crippen molar-refractivity contribution in [3.05, 3.63) is 34.3 Å². The normalized spacial score (nSPS) is 17.0. The van der Waals surface area contributed by atoms with Gasteiger partial charge >= 0.3 is 0 Å². The van der Waals surface area contributed by atoms with Gasteiger partial charge in [-0.15, -0.1) is 5.10 Å². The number of rotatable bonds is 6. The molecule has 0 aromatic carbocycles. The molecule has 2 aromatic heterocycles.